The van der Waals surface area contributed by atoms with Crippen molar-refractivity contribution in [2.75, 3.05) is 11.9 Å². The van der Waals surface area contributed by atoms with Gasteiger partial charge in [0.2, 0.25) is 0 Å². The van der Waals surface area contributed by atoms with E-state index in [-0.39, 0.29) is 12.5 Å². The summed E-state index contributed by atoms with van der Waals surface area (Å²) in [5.74, 6) is 0.201. The minimum atomic E-state index is -0.541. The number of amides is 2. The Kier molecular flexibility index (Phi) is 6.20. The van der Waals surface area contributed by atoms with Crippen LogP contribution in [0.3, 0.4) is 0 Å². The molecule has 0 aliphatic rings. The lowest BCUT2D eigenvalue weighted by Gasteiger charge is -2.15. The van der Waals surface area contributed by atoms with Gasteiger partial charge in [0.05, 0.1) is 5.56 Å². The first-order valence-corrected chi connectivity index (χ1v) is 9.08. The molecule has 2 aromatic rings. The van der Waals surface area contributed by atoms with Crippen molar-refractivity contribution in [1.29, 1.82) is 0 Å². The monoisotopic (exact) mass is 360 g/mol. The second-order valence-electron chi connectivity index (χ2n) is 6.04. The molecule has 0 aliphatic carbocycles. The lowest BCUT2D eigenvalue weighted by atomic mass is 9.98. The molecular weight excluding hydrogens is 336 g/mol. The second-order valence-corrected chi connectivity index (χ2v) is 7.26. The van der Waals surface area contributed by atoms with E-state index in [1.807, 2.05) is 38.1 Å². The van der Waals surface area contributed by atoms with Crippen LogP contribution in [0.2, 0.25) is 0 Å². The number of ether oxygens (including phenoxy) is 1. The Morgan fingerprint density at radius 1 is 1.28 bits per heavy atom. The summed E-state index contributed by atoms with van der Waals surface area (Å²) in [6, 6.07) is 7.72. The zero-order valence-electron chi connectivity index (χ0n) is 15.0. The first kappa shape index (κ1) is 19.0. The van der Waals surface area contributed by atoms with E-state index >= 15 is 0 Å². The zero-order valence-corrected chi connectivity index (χ0v) is 15.8. The normalized spacial score (nSPS) is 11.8. The van der Waals surface area contributed by atoms with Gasteiger partial charge < -0.3 is 15.8 Å². The van der Waals surface area contributed by atoms with Crippen LogP contribution in [0.4, 0.5) is 5.00 Å². The van der Waals surface area contributed by atoms with Gasteiger partial charge in [0.25, 0.3) is 11.8 Å². The van der Waals surface area contributed by atoms with Crippen LogP contribution in [0.1, 0.15) is 52.5 Å². The number of carbonyl (C=O) groups is 2. The first-order chi connectivity index (χ1) is 11.8. The van der Waals surface area contributed by atoms with E-state index in [0.29, 0.717) is 22.2 Å². The molecule has 1 heterocycles. The molecule has 134 valence electrons. The SMILES string of the molecule is CCC(C)c1ccccc1OCC(=O)Nc1sc(C)c(C)c1C(N)=O. The third kappa shape index (κ3) is 4.39. The lowest BCUT2D eigenvalue weighted by molar-refractivity contribution is -0.118. The number of rotatable bonds is 7. The Balaban J connectivity index is 2.08. The van der Waals surface area contributed by atoms with Gasteiger partial charge in [-0.25, -0.2) is 0 Å². The van der Waals surface area contributed by atoms with Gasteiger partial charge in [-0.15, -0.1) is 11.3 Å². The Bertz CT molecular complexity index is 783. The van der Waals surface area contributed by atoms with Crippen LogP contribution >= 0.6 is 11.3 Å². The number of hydrogen-bond donors (Lipinski definition) is 2. The molecule has 2 amide bonds. The summed E-state index contributed by atoms with van der Waals surface area (Å²) < 4.78 is 5.71. The number of primary amides is 1. The van der Waals surface area contributed by atoms with Gasteiger partial charge in [0.15, 0.2) is 6.61 Å². The molecule has 1 atom stereocenters. The van der Waals surface area contributed by atoms with Crippen molar-refractivity contribution in [2.45, 2.75) is 40.0 Å². The number of carbonyl (C=O) groups excluding carboxylic acids is 2. The van der Waals surface area contributed by atoms with Crippen LogP contribution in [0, 0.1) is 13.8 Å². The maximum atomic E-state index is 12.3. The summed E-state index contributed by atoms with van der Waals surface area (Å²) in [5.41, 5.74) is 7.68. The highest BCUT2D eigenvalue weighted by atomic mass is 32.1. The third-order valence-electron chi connectivity index (χ3n) is 4.31. The van der Waals surface area contributed by atoms with Crippen LogP contribution in [0.25, 0.3) is 0 Å². The van der Waals surface area contributed by atoms with Crippen molar-refractivity contribution < 1.29 is 14.3 Å². The molecule has 0 fully saturated rings. The number of aryl methyl sites for hydroxylation is 1. The summed E-state index contributed by atoms with van der Waals surface area (Å²) >= 11 is 1.34. The molecule has 2 rings (SSSR count). The van der Waals surface area contributed by atoms with Crippen molar-refractivity contribution in [3.05, 3.63) is 45.8 Å². The molecule has 3 N–H and O–H groups in total. The number of para-hydroxylation sites is 1. The molecule has 6 heteroatoms. The fourth-order valence-corrected chi connectivity index (χ4v) is 3.64. The Labute approximate surface area is 152 Å². The first-order valence-electron chi connectivity index (χ1n) is 8.26. The Morgan fingerprint density at radius 3 is 2.60 bits per heavy atom. The second kappa shape index (κ2) is 8.16. The summed E-state index contributed by atoms with van der Waals surface area (Å²) in [4.78, 5) is 24.8. The van der Waals surface area contributed by atoms with Crippen molar-refractivity contribution in [1.82, 2.24) is 0 Å². The maximum absolute atomic E-state index is 12.3. The summed E-state index contributed by atoms with van der Waals surface area (Å²) in [6.07, 6.45) is 0.988. The highest BCUT2D eigenvalue weighted by molar-refractivity contribution is 7.16. The van der Waals surface area contributed by atoms with Crippen LogP contribution in [0.15, 0.2) is 24.3 Å². The van der Waals surface area contributed by atoms with E-state index in [2.05, 4.69) is 19.2 Å². The summed E-state index contributed by atoms with van der Waals surface area (Å²) in [6.45, 7) is 7.82. The van der Waals surface area contributed by atoms with Crippen molar-refractivity contribution in [3.63, 3.8) is 0 Å². The van der Waals surface area contributed by atoms with E-state index < -0.39 is 5.91 Å². The van der Waals surface area contributed by atoms with E-state index in [9.17, 15) is 9.59 Å². The van der Waals surface area contributed by atoms with Crippen molar-refractivity contribution in [2.24, 2.45) is 5.73 Å². The van der Waals surface area contributed by atoms with Gasteiger partial charge in [0, 0.05) is 4.88 Å². The topological polar surface area (TPSA) is 81.4 Å². The van der Waals surface area contributed by atoms with Gasteiger partial charge in [-0.05, 0) is 43.4 Å². The summed E-state index contributed by atoms with van der Waals surface area (Å²) in [5, 5.41) is 3.22. The van der Waals surface area contributed by atoms with E-state index in [1.54, 1.807) is 0 Å². The van der Waals surface area contributed by atoms with Gasteiger partial charge in [-0.1, -0.05) is 32.0 Å². The van der Waals surface area contributed by atoms with Crippen LogP contribution in [-0.4, -0.2) is 18.4 Å². The molecule has 1 aromatic heterocycles. The van der Waals surface area contributed by atoms with Gasteiger partial charge in [0.1, 0.15) is 10.8 Å². The smallest absolute Gasteiger partial charge is 0.262 e. The number of nitrogens with one attached hydrogen (secondary N) is 1. The molecule has 0 bridgehead atoms. The number of anilines is 1. The number of benzene rings is 1. The molecule has 25 heavy (non-hydrogen) atoms. The highest BCUT2D eigenvalue weighted by Crippen LogP contribution is 2.32. The van der Waals surface area contributed by atoms with Crippen LogP contribution in [0.5, 0.6) is 5.75 Å². The van der Waals surface area contributed by atoms with E-state index in [0.717, 1.165) is 22.4 Å². The fraction of sp³-hybridized carbons (Fsp3) is 0.368. The van der Waals surface area contributed by atoms with Gasteiger partial charge in [-0.2, -0.15) is 0 Å². The number of nitrogens with two attached hydrogens (primary N) is 1. The van der Waals surface area contributed by atoms with Crippen molar-refractivity contribution >= 4 is 28.2 Å². The molecule has 5 nitrogen and oxygen atoms in total. The Hall–Kier alpha value is -2.34. The molecule has 1 unspecified atom stereocenters. The predicted molar refractivity (Wildman–Crippen MR) is 102 cm³/mol. The number of hydrogen-bond acceptors (Lipinski definition) is 4. The predicted octanol–water partition coefficient (Wildman–Crippen LogP) is 3.99. The largest absolute Gasteiger partial charge is 0.483 e. The van der Waals surface area contributed by atoms with E-state index in [4.69, 9.17) is 10.5 Å². The molecule has 0 saturated carbocycles. The van der Waals surface area contributed by atoms with Crippen molar-refractivity contribution in [3.8, 4) is 5.75 Å². The molecular formula is C19H24N2O3S. The maximum Gasteiger partial charge on any atom is 0.262 e. The molecule has 0 spiro atoms. The molecule has 0 radical (unpaired) electrons. The minimum Gasteiger partial charge on any atom is -0.483 e. The summed E-state index contributed by atoms with van der Waals surface area (Å²) in [7, 11) is 0. The van der Waals surface area contributed by atoms with Crippen LogP contribution in [-0.2, 0) is 4.79 Å². The quantitative estimate of drug-likeness (QED) is 0.783. The lowest BCUT2D eigenvalue weighted by Crippen LogP contribution is -2.22. The highest BCUT2D eigenvalue weighted by Gasteiger charge is 2.19. The Morgan fingerprint density at radius 2 is 1.96 bits per heavy atom. The fourth-order valence-electron chi connectivity index (χ4n) is 2.56. The standard InChI is InChI=1S/C19H24N2O3S/c1-5-11(2)14-8-6-7-9-15(14)24-10-16(22)21-19-17(18(20)23)12(3)13(4)25-19/h6-9,11H,5,10H2,1-4H3,(H2,20,23)(H,21,22). The molecule has 1 aromatic carbocycles. The van der Waals surface area contributed by atoms with Gasteiger partial charge in [-0.3, -0.25) is 9.59 Å². The average Bonchev–Trinajstić information content (AvgIpc) is 2.86. The minimum absolute atomic E-state index is 0.123. The number of thiophene rings is 1. The van der Waals surface area contributed by atoms with Crippen LogP contribution < -0.4 is 15.8 Å². The third-order valence-corrected chi connectivity index (χ3v) is 5.43. The zero-order chi connectivity index (χ0) is 18.6. The molecule has 0 aliphatic heterocycles. The van der Waals surface area contributed by atoms with Gasteiger partial charge >= 0.3 is 0 Å². The average molecular weight is 360 g/mol. The molecule has 0 saturated heterocycles. The van der Waals surface area contributed by atoms with E-state index in [1.165, 1.54) is 11.3 Å².